The molecular weight excluding hydrogens is 242 g/mol. The van der Waals surface area contributed by atoms with E-state index < -0.39 is 0 Å². The van der Waals surface area contributed by atoms with Crippen molar-refractivity contribution in [3.8, 4) is 0 Å². The molecule has 2 unspecified atom stereocenters. The summed E-state index contributed by atoms with van der Waals surface area (Å²) in [4.78, 5) is 0. The van der Waals surface area contributed by atoms with Gasteiger partial charge in [0.2, 0.25) is 0 Å². The Morgan fingerprint density at radius 3 is 1.00 bits per heavy atom. The monoisotopic (exact) mass is 276 g/mol. The van der Waals surface area contributed by atoms with Gasteiger partial charge < -0.3 is 0 Å². The van der Waals surface area contributed by atoms with E-state index in [9.17, 15) is 0 Å². The Labute approximate surface area is 113 Å². The molecule has 0 saturated heterocycles. The minimum Gasteiger partial charge on any atom is -0.0941 e. The van der Waals surface area contributed by atoms with Crippen molar-refractivity contribution in [1.29, 1.82) is 0 Å². The van der Waals surface area contributed by atoms with Crippen molar-refractivity contribution in [2.45, 2.75) is 90.9 Å². The highest BCUT2D eigenvalue weighted by Gasteiger charge is 2.34. The topological polar surface area (TPSA) is 0 Å². The Bertz CT molecular complexity index is 194. The maximum atomic E-state index is 2.44. The molecule has 2 atom stereocenters. The molecule has 0 rings (SSSR count). The number of hydrogen-bond donors (Lipinski definition) is 0. The molecule has 0 nitrogen and oxygen atoms in total. The van der Waals surface area contributed by atoms with Gasteiger partial charge in [-0.3, -0.25) is 0 Å². The summed E-state index contributed by atoms with van der Waals surface area (Å²) in [5.41, 5.74) is 1.71. The molecule has 0 spiro atoms. The summed E-state index contributed by atoms with van der Waals surface area (Å²) in [5, 5.41) is 1.01. The first-order valence-electron chi connectivity index (χ1n) is 6.91. The zero-order valence-electron chi connectivity index (χ0n) is 13.8. The van der Waals surface area contributed by atoms with Gasteiger partial charge in [0.1, 0.15) is 0 Å². The van der Waals surface area contributed by atoms with E-state index in [2.05, 4.69) is 69.2 Å². The van der Waals surface area contributed by atoms with E-state index in [4.69, 9.17) is 0 Å². The molecular formula is C15H34P2. The van der Waals surface area contributed by atoms with Gasteiger partial charge >= 0.3 is 0 Å². The molecule has 0 heterocycles. The van der Waals surface area contributed by atoms with E-state index in [1.165, 1.54) is 5.90 Å². The number of hydrogen-bond acceptors (Lipinski definition) is 0. The van der Waals surface area contributed by atoms with E-state index >= 15 is 0 Å². The molecule has 104 valence electrons. The van der Waals surface area contributed by atoms with E-state index in [-0.39, 0.29) is 15.8 Å². The molecule has 0 aliphatic heterocycles. The lowest BCUT2D eigenvalue weighted by atomic mass is 10.3. The maximum Gasteiger partial charge on any atom is -0.0106 e. The molecule has 0 aromatic carbocycles. The summed E-state index contributed by atoms with van der Waals surface area (Å²) in [5.74, 6) is 1.49. The standard InChI is InChI=1S/C15H34P2/c1-12(2)16(14(5,6)7)11-17(13(3)4)15(8,9)10/h12-13H,11H2,1-10H3. The van der Waals surface area contributed by atoms with Crippen molar-refractivity contribution >= 4 is 15.8 Å². The van der Waals surface area contributed by atoms with Crippen LogP contribution in [0.5, 0.6) is 0 Å². The van der Waals surface area contributed by atoms with Crippen LogP contribution < -0.4 is 0 Å². The van der Waals surface area contributed by atoms with Crippen molar-refractivity contribution in [3.05, 3.63) is 0 Å². The fourth-order valence-corrected chi connectivity index (χ4v) is 12.9. The molecule has 0 bridgehead atoms. The zero-order chi connectivity index (χ0) is 14.0. The average molecular weight is 276 g/mol. The average Bonchev–Trinajstić information content (AvgIpc) is 1.96. The normalized spacial score (nSPS) is 17.6. The summed E-state index contributed by atoms with van der Waals surface area (Å²) < 4.78 is 0. The second-order valence-electron chi connectivity index (χ2n) is 7.61. The smallest absolute Gasteiger partial charge is 0.0106 e. The van der Waals surface area contributed by atoms with Crippen LogP contribution in [0.25, 0.3) is 0 Å². The fraction of sp³-hybridized carbons (Fsp3) is 1.00. The van der Waals surface area contributed by atoms with Gasteiger partial charge in [0.15, 0.2) is 0 Å². The summed E-state index contributed by atoms with van der Waals surface area (Å²) in [6.45, 7) is 24.3. The molecule has 2 heteroatoms. The predicted molar refractivity (Wildman–Crippen MR) is 88.5 cm³/mol. The van der Waals surface area contributed by atoms with Gasteiger partial charge in [0.05, 0.1) is 0 Å². The molecule has 0 radical (unpaired) electrons. The fourth-order valence-electron chi connectivity index (χ4n) is 2.46. The van der Waals surface area contributed by atoms with Crippen molar-refractivity contribution in [2.24, 2.45) is 0 Å². The maximum absolute atomic E-state index is 2.44. The Morgan fingerprint density at radius 2 is 0.882 bits per heavy atom. The zero-order valence-corrected chi connectivity index (χ0v) is 15.5. The van der Waals surface area contributed by atoms with Crippen LogP contribution in [0, 0.1) is 0 Å². The van der Waals surface area contributed by atoms with E-state index in [0.717, 1.165) is 11.3 Å². The van der Waals surface area contributed by atoms with Gasteiger partial charge in [-0.1, -0.05) is 85.1 Å². The highest BCUT2D eigenvalue weighted by molar-refractivity contribution is 7.76. The Balaban J connectivity index is 4.96. The van der Waals surface area contributed by atoms with E-state index in [0.29, 0.717) is 10.3 Å². The van der Waals surface area contributed by atoms with Crippen molar-refractivity contribution in [1.82, 2.24) is 0 Å². The van der Waals surface area contributed by atoms with Gasteiger partial charge in [0.25, 0.3) is 0 Å². The second-order valence-corrected chi connectivity index (χ2v) is 15.4. The van der Waals surface area contributed by atoms with Crippen LogP contribution in [0.1, 0.15) is 69.2 Å². The van der Waals surface area contributed by atoms with Crippen LogP contribution in [-0.2, 0) is 0 Å². The second kappa shape index (κ2) is 6.34. The van der Waals surface area contributed by atoms with Gasteiger partial charge in [-0.15, -0.1) is 0 Å². The van der Waals surface area contributed by atoms with Gasteiger partial charge in [0, 0.05) is 0 Å². The largest absolute Gasteiger partial charge is 0.0941 e. The van der Waals surface area contributed by atoms with E-state index in [1.807, 2.05) is 0 Å². The highest BCUT2D eigenvalue weighted by Crippen LogP contribution is 2.66. The minimum absolute atomic E-state index is 0.132. The minimum atomic E-state index is 0.132. The molecule has 0 aromatic rings. The van der Waals surface area contributed by atoms with Crippen LogP contribution in [-0.4, -0.2) is 27.5 Å². The SMILES string of the molecule is CC(C)P(CP(C(C)C)C(C)(C)C)C(C)(C)C. The van der Waals surface area contributed by atoms with Crippen LogP contribution in [0.15, 0.2) is 0 Å². The summed E-state index contributed by atoms with van der Waals surface area (Å²) in [7, 11) is 0.264. The highest BCUT2D eigenvalue weighted by atomic mass is 31.2. The van der Waals surface area contributed by atoms with E-state index in [1.54, 1.807) is 0 Å². The first-order valence-corrected chi connectivity index (χ1v) is 10.1. The van der Waals surface area contributed by atoms with Crippen molar-refractivity contribution in [3.63, 3.8) is 0 Å². The lowest BCUT2D eigenvalue weighted by Gasteiger charge is -2.43. The third-order valence-corrected chi connectivity index (χ3v) is 11.7. The molecule has 0 saturated carbocycles. The van der Waals surface area contributed by atoms with Gasteiger partial charge in [-0.2, -0.15) is 0 Å². The Kier molecular flexibility index (Phi) is 6.66. The van der Waals surface area contributed by atoms with Gasteiger partial charge in [-0.05, 0) is 27.5 Å². The van der Waals surface area contributed by atoms with Crippen molar-refractivity contribution in [2.75, 3.05) is 5.90 Å². The first kappa shape index (κ1) is 17.9. The molecule has 0 amide bonds. The molecule has 17 heavy (non-hydrogen) atoms. The molecule has 0 N–H and O–H groups in total. The van der Waals surface area contributed by atoms with Crippen LogP contribution in [0.2, 0.25) is 0 Å². The number of rotatable bonds is 4. The summed E-state index contributed by atoms with van der Waals surface area (Å²) in [6.07, 6.45) is 0. The van der Waals surface area contributed by atoms with Crippen LogP contribution in [0.4, 0.5) is 0 Å². The summed E-state index contributed by atoms with van der Waals surface area (Å²) >= 11 is 0. The van der Waals surface area contributed by atoms with Crippen LogP contribution in [0.3, 0.4) is 0 Å². The summed E-state index contributed by atoms with van der Waals surface area (Å²) in [6, 6.07) is 0. The lowest BCUT2D eigenvalue weighted by molar-refractivity contribution is 0.760. The Morgan fingerprint density at radius 1 is 0.647 bits per heavy atom. The third kappa shape index (κ3) is 6.02. The molecule has 0 aliphatic carbocycles. The predicted octanol–water partition coefficient (Wildman–Crippen LogP) is 6.32. The quantitative estimate of drug-likeness (QED) is 0.527. The Hall–Kier alpha value is 0.860. The molecule has 0 aliphatic rings. The third-order valence-electron chi connectivity index (χ3n) is 3.27. The molecule has 0 aromatic heterocycles. The van der Waals surface area contributed by atoms with Gasteiger partial charge in [-0.25, -0.2) is 0 Å². The lowest BCUT2D eigenvalue weighted by Crippen LogP contribution is -2.24. The molecule has 0 fully saturated rings. The van der Waals surface area contributed by atoms with Crippen LogP contribution >= 0.6 is 15.8 Å². The van der Waals surface area contributed by atoms with Crippen molar-refractivity contribution < 1.29 is 0 Å². The first-order chi connectivity index (χ1) is 7.37.